The van der Waals surface area contributed by atoms with E-state index < -0.39 is 5.60 Å². The van der Waals surface area contributed by atoms with Gasteiger partial charge in [0.1, 0.15) is 5.60 Å². The summed E-state index contributed by atoms with van der Waals surface area (Å²) in [5.74, 6) is -0.159. The van der Waals surface area contributed by atoms with Crippen molar-refractivity contribution in [2.24, 2.45) is 11.8 Å². The van der Waals surface area contributed by atoms with Crippen molar-refractivity contribution in [1.29, 1.82) is 0 Å². The number of carbonyl (C=O) groups excluding carboxylic acids is 2. The molecule has 1 rings (SSSR count). The molecule has 0 saturated carbocycles. The normalized spacial score (nSPS) is 23.9. The fourth-order valence-electron chi connectivity index (χ4n) is 2.31. The van der Waals surface area contributed by atoms with E-state index in [1.807, 2.05) is 20.8 Å². The van der Waals surface area contributed by atoms with Crippen LogP contribution in [0.2, 0.25) is 0 Å². The Balaban J connectivity index is 2.71. The van der Waals surface area contributed by atoms with Gasteiger partial charge in [0.05, 0.1) is 13.0 Å². The van der Waals surface area contributed by atoms with Crippen LogP contribution >= 0.6 is 0 Å². The Morgan fingerprint density at radius 3 is 2.37 bits per heavy atom. The van der Waals surface area contributed by atoms with Gasteiger partial charge < -0.3 is 14.4 Å². The maximum atomic E-state index is 12.1. The summed E-state index contributed by atoms with van der Waals surface area (Å²) in [5.41, 5.74) is -0.517. The molecule has 1 amide bonds. The highest BCUT2D eigenvalue weighted by Crippen LogP contribution is 2.26. The van der Waals surface area contributed by atoms with Gasteiger partial charge in [-0.2, -0.15) is 0 Å². The van der Waals surface area contributed by atoms with Gasteiger partial charge in [0.25, 0.3) is 0 Å². The van der Waals surface area contributed by atoms with Gasteiger partial charge >= 0.3 is 12.1 Å². The number of carbonyl (C=O) groups is 2. The lowest BCUT2D eigenvalue weighted by molar-refractivity contribution is -0.147. The van der Waals surface area contributed by atoms with Crippen molar-refractivity contribution in [3.63, 3.8) is 0 Å². The monoisotopic (exact) mass is 271 g/mol. The Kier molecular flexibility index (Phi) is 5.20. The van der Waals surface area contributed by atoms with Crippen LogP contribution in [-0.4, -0.2) is 42.8 Å². The standard InChI is InChI=1S/C14H25NO4/c1-6-10-7-11(12(16)18-5)9-15(8-10)13(17)19-14(2,3)4/h10-11H,6-9H2,1-5H3. The molecular weight excluding hydrogens is 246 g/mol. The Bertz CT molecular complexity index is 335. The highest BCUT2D eigenvalue weighted by molar-refractivity contribution is 5.75. The van der Waals surface area contributed by atoms with Gasteiger partial charge in [-0.1, -0.05) is 13.3 Å². The van der Waals surface area contributed by atoms with Crippen molar-refractivity contribution in [1.82, 2.24) is 4.90 Å². The molecule has 2 atom stereocenters. The van der Waals surface area contributed by atoms with E-state index >= 15 is 0 Å². The molecule has 0 radical (unpaired) electrons. The van der Waals surface area contributed by atoms with Crippen molar-refractivity contribution in [3.05, 3.63) is 0 Å². The molecule has 0 N–H and O–H groups in total. The summed E-state index contributed by atoms with van der Waals surface area (Å²) < 4.78 is 10.2. The molecule has 0 aromatic heterocycles. The summed E-state index contributed by atoms with van der Waals surface area (Å²) in [6, 6.07) is 0. The van der Waals surface area contributed by atoms with Crippen LogP contribution in [0.4, 0.5) is 4.79 Å². The third-order valence-corrected chi connectivity index (χ3v) is 3.30. The highest BCUT2D eigenvalue weighted by Gasteiger charge is 2.35. The molecule has 110 valence electrons. The number of hydrogen-bond donors (Lipinski definition) is 0. The summed E-state index contributed by atoms with van der Waals surface area (Å²) in [5, 5.41) is 0. The molecule has 19 heavy (non-hydrogen) atoms. The summed E-state index contributed by atoms with van der Waals surface area (Å²) >= 11 is 0. The Morgan fingerprint density at radius 2 is 1.89 bits per heavy atom. The maximum absolute atomic E-state index is 12.1. The van der Waals surface area contributed by atoms with E-state index in [2.05, 4.69) is 6.92 Å². The van der Waals surface area contributed by atoms with Gasteiger partial charge in [-0.25, -0.2) is 4.79 Å². The average molecular weight is 271 g/mol. The number of ether oxygens (including phenoxy) is 2. The Labute approximate surface area is 115 Å². The molecule has 1 heterocycles. The van der Waals surface area contributed by atoms with Crippen LogP contribution < -0.4 is 0 Å². The zero-order valence-corrected chi connectivity index (χ0v) is 12.6. The fourth-order valence-corrected chi connectivity index (χ4v) is 2.31. The minimum Gasteiger partial charge on any atom is -0.469 e. The lowest BCUT2D eigenvalue weighted by atomic mass is 9.88. The molecular formula is C14H25NO4. The van der Waals surface area contributed by atoms with Gasteiger partial charge in [0, 0.05) is 13.1 Å². The van der Waals surface area contributed by atoms with Crippen molar-refractivity contribution in [3.8, 4) is 0 Å². The average Bonchev–Trinajstić information content (AvgIpc) is 2.35. The number of likely N-dealkylation sites (tertiary alicyclic amines) is 1. The van der Waals surface area contributed by atoms with E-state index in [1.54, 1.807) is 4.90 Å². The predicted octanol–water partition coefficient (Wildman–Crippen LogP) is 2.44. The highest BCUT2D eigenvalue weighted by atomic mass is 16.6. The van der Waals surface area contributed by atoms with E-state index in [9.17, 15) is 9.59 Å². The van der Waals surface area contributed by atoms with Crippen LogP contribution in [0, 0.1) is 11.8 Å². The third kappa shape index (κ3) is 4.73. The van der Waals surface area contributed by atoms with Crippen molar-refractivity contribution >= 4 is 12.1 Å². The zero-order valence-electron chi connectivity index (χ0n) is 12.6. The largest absolute Gasteiger partial charge is 0.469 e. The van der Waals surface area contributed by atoms with Crippen molar-refractivity contribution < 1.29 is 19.1 Å². The predicted molar refractivity (Wildman–Crippen MR) is 71.7 cm³/mol. The van der Waals surface area contributed by atoms with Crippen LogP contribution in [0.1, 0.15) is 40.5 Å². The summed E-state index contributed by atoms with van der Waals surface area (Å²) in [6.07, 6.45) is 1.37. The maximum Gasteiger partial charge on any atom is 0.410 e. The van der Waals surface area contributed by atoms with Gasteiger partial charge in [0.2, 0.25) is 0 Å². The van der Waals surface area contributed by atoms with Crippen LogP contribution in [0.3, 0.4) is 0 Å². The SMILES string of the molecule is CCC1CC(C(=O)OC)CN(C(=O)OC(C)(C)C)C1. The molecule has 0 aliphatic carbocycles. The second kappa shape index (κ2) is 6.26. The third-order valence-electron chi connectivity index (χ3n) is 3.30. The summed E-state index contributed by atoms with van der Waals surface area (Å²) in [4.78, 5) is 25.4. The molecule has 1 aliphatic rings. The zero-order chi connectivity index (χ0) is 14.6. The van der Waals surface area contributed by atoms with Gasteiger partial charge in [0.15, 0.2) is 0 Å². The summed E-state index contributed by atoms with van der Waals surface area (Å²) in [6.45, 7) is 8.62. The lowest BCUT2D eigenvalue weighted by Gasteiger charge is -2.37. The first-order chi connectivity index (χ1) is 8.76. The minimum absolute atomic E-state index is 0.240. The molecule has 0 bridgehead atoms. The molecule has 0 aromatic carbocycles. The van der Waals surface area contributed by atoms with Gasteiger partial charge in [-0.05, 0) is 33.1 Å². The fraction of sp³-hybridized carbons (Fsp3) is 0.857. The topological polar surface area (TPSA) is 55.8 Å². The number of amides is 1. The number of esters is 1. The Hall–Kier alpha value is -1.26. The lowest BCUT2D eigenvalue weighted by Crippen LogP contribution is -2.48. The molecule has 5 nitrogen and oxygen atoms in total. The first kappa shape index (κ1) is 15.8. The molecule has 0 aromatic rings. The van der Waals surface area contributed by atoms with E-state index in [0.29, 0.717) is 19.0 Å². The van der Waals surface area contributed by atoms with Crippen molar-refractivity contribution in [2.75, 3.05) is 20.2 Å². The van der Waals surface area contributed by atoms with Crippen LogP contribution in [-0.2, 0) is 14.3 Å². The second-order valence-corrected chi connectivity index (χ2v) is 6.12. The van der Waals surface area contributed by atoms with E-state index in [-0.39, 0.29) is 18.0 Å². The second-order valence-electron chi connectivity index (χ2n) is 6.12. The van der Waals surface area contributed by atoms with E-state index in [1.165, 1.54) is 7.11 Å². The molecule has 0 spiro atoms. The minimum atomic E-state index is -0.517. The molecule has 1 saturated heterocycles. The quantitative estimate of drug-likeness (QED) is 0.724. The molecule has 5 heteroatoms. The van der Waals surface area contributed by atoms with Crippen LogP contribution in [0.5, 0.6) is 0 Å². The first-order valence-electron chi connectivity index (χ1n) is 6.82. The Morgan fingerprint density at radius 1 is 1.26 bits per heavy atom. The number of piperidine rings is 1. The smallest absolute Gasteiger partial charge is 0.410 e. The van der Waals surface area contributed by atoms with Crippen LogP contribution in [0.15, 0.2) is 0 Å². The number of nitrogens with zero attached hydrogens (tertiary/aromatic N) is 1. The van der Waals surface area contributed by atoms with E-state index in [4.69, 9.17) is 9.47 Å². The van der Waals surface area contributed by atoms with Crippen LogP contribution in [0.25, 0.3) is 0 Å². The summed E-state index contributed by atoms with van der Waals surface area (Å²) in [7, 11) is 1.38. The molecule has 2 unspecified atom stereocenters. The molecule has 1 fully saturated rings. The number of rotatable bonds is 2. The van der Waals surface area contributed by atoms with Crippen molar-refractivity contribution in [2.45, 2.75) is 46.1 Å². The number of methoxy groups -OCH3 is 1. The number of hydrogen-bond acceptors (Lipinski definition) is 4. The van der Waals surface area contributed by atoms with Gasteiger partial charge in [-0.15, -0.1) is 0 Å². The molecule has 1 aliphatic heterocycles. The van der Waals surface area contributed by atoms with Gasteiger partial charge in [-0.3, -0.25) is 4.79 Å². The first-order valence-corrected chi connectivity index (χ1v) is 6.82. The van der Waals surface area contributed by atoms with E-state index in [0.717, 1.165) is 12.8 Å².